The van der Waals surface area contributed by atoms with Crippen molar-refractivity contribution in [3.05, 3.63) is 39.6 Å². The molecule has 28 heavy (non-hydrogen) atoms. The summed E-state index contributed by atoms with van der Waals surface area (Å²) in [6.45, 7) is 9.59. The van der Waals surface area contributed by atoms with Crippen LogP contribution < -0.4 is 0 Å². The number of hydrogen-bond donors (Lipinski definition) is 0. The predicted octanol–water partition coefficient (Wildman–Crippen LogP) is 6.58. The van der Waals surface area contributed by atoms with Crippen LogP contribution in [-0.2, 0) is 19.1 Å². The van der Waals surface area contributed by atoms with Crippen LogP contribution in [0.3, 0.4) is 0 Å². The Bertz CT molecular complexity index is 790. The van der Waals surface area contributed by atoms with Crippen LogP contribution in [0.4, 0.5) is 0 Å². The highest BCUT2D eigenvalue weighted by atomic mass is 35.5. The zero-order valence-electron chi connectivity index (χ0n) is 17.2. The van der Waals surface area contributed by atoms with Crippen molar-refractivity contribution in [3.8, 4) is 0 Å². The Morgan fingerprint density at radius 1 is 1.14 bits per heavy atom. The van der Waals surface area contributed by atoms with Crippen LogP contribution in [0.1, 0.15) is 72.3 Å². The average Bonchev–Trinajstić information content (AvgIpc) is 2.87. The molecule has 0 saturated heterocycles. The summed E-state index contributed by atoms with van der Waals surface area (Å²) in [4.78, 5) is 25.8. The molecule has 0 bridgehead atoms. The lowest BCUT2D eigenvalue weighted by molar-refractivity contribution is -0.159. The minimum Gasteiger partial charge on any atom is -0.447 e. The normalized spacial score (nSPS) is 16.3. The molecule has 6 heteroatoms. The molecule has 0 spiro atoms. The lowest BCUT2D eigenvalue weighted by Crippen LogP contribution is -2.36. The number of halogens is 2. The highest BCUT2D eigenvalue weighted by Gasteiger charge is 2.50. The van der Waals surface area contributed by atoms with E-state index in [-0.39, 0.29) is 17.3 Å². The molecule has 1 aliphatic heterocycles. The Balaban J connectivity index is 2.69. The maximum Gasteiger partial charge on any atom is 0.343 e. The van der Waals surface area contributed by atoms with E-state index in [4.69, 9.17) is 32.7 Å². The van der Waals surface area contributed by atoms with Gasteiger partial charge < -0.3 is 9.47 Å². The maximum atomic E-state index is 12.9. The van der Waals surface area contributed by atoms with Gasteiger partial charge in [-0.1, -0.05) is 62.9 Å². The summed E-state index contributed by atoms with van der Waals surface area (Å²) in [6.07, 6.45) is 3.28. The van der Waals surface area contributed by atoms with Crippen molar-refractivity contribution < 1.29 is 19.1 Å². The minimum atomic E-state index is -0.960. The summed E-state index contributed by atoms with van der Waals surface area (Å²) in [5.41, 5.74) is -0.970. The van der Waals surface area contributed by atoms with E-state index in [2.05, 4.69) is 0 Å². The lowest BCUT2D eigenvalue weighted by atomic mass is 9.87. The number of cyclic esters (lactones) is 1. The Hall–Kier alpha value is -1.52. The van der Waals surface area contributed by atoms with E-state index in [0.717, 1.165) is 12.8 Å². The fourth-order valence-electron chi connectivity index (χ4n) is 3.30. The van der Waals surface area contributed by atoms with Gasteiger partial charge in [-0.25, -0.2) is 4.79 Å². The van der Waals surface area contributed by atoms with Crippen LogP contribution in [0.2, 0.25) is 10.0 Å². The van der Waals surface area contributed by atoms with Crippen molar-refractivity contribution in [1.82, 2.24) is 0 Å². The van der Waals surface area contributed by atoms with Gasteiger partial charge in [0, 0.05) is 10.6 Å². The average molecular weight is 427 g/mol. The molecule has 1 aliphatic rings. The highest BCUT2D eigenvalue weighted by Crippen LogP contribution is 2.46. The van der Waals surface area contributed by atoms with Gasteiger partial charge in [-0.05, 0) is 45.2 Å². The Kier molecular flexibility index (Phi) is 7.22. The molecular weight excluding hydrogens is 399 g/mol. The molecule has 2 rings (SSSR count). The van der Waals surface area contributed by atoms with Crippen LogP contribution in [-0.4, -0.2) is 17.5 Å². The number of ether oxygens (including phenoxy) is 2. The van der Waals surface area contributed by atoms with Crippen molar-refractivity contribution in [2.45, 2.75) is 72.3 Å². The van der Waals surface area contributed by atoms with Crippen molar-refractivity contribution in [2.75, 3.05) is 0 Å². The molecule has 4 nitrogen and oxygen atoms in total. The van der Waals surface area contributed by atoms with E-state index in [1.54, 1.807) is 18.2 Å². The summed E-state index contributed by atoms with van der Waals surface area (Å²) in [7, 11) is 0. The van der Waals surface area contributed by atoms with Crippen LogP contribution >= 0.6 is 23.2 Å². The number of esters is 2. The third-order valence-electron chi connectivity index (χ3n) is 5.27. The Morgan fingerprint density at radius 2 is 1.75 bits per heavy atom. The third-order valence-corrected chi connectivity index (χ3v) is 5.82. The highest BCUT2D eigenvalue weighted by molar-refractivity contribution is 6.37. The third kappa shape index (κ3) is 4.38. The second kappa shape index (κ2) is 8.87. The van der Waals surface area contributed by atoms with E-state index in [1.807, 2.05) is 34.6 Å². The first kappa shape index (κ1) is 22.8. The molecule has 0 radical (unpaired) electrons. The Morgan fingerprint density at radius 3 is 2.25 bits per heavy atom. The first-order valence-corrected chi connectivity index (χ1v) is 10.5. The topological polar surface area (TPSA) is 52.6 Å². The molecule has 0 fully saturated rings. The summed E-state index contributed by atoms with van der Waals surface area (Å²) in [5, 5.41) is 0.770. The second-order valence-corrected chi connectivity index (χ2v) is 8.68. The molecule has 0 atom stereocenters. The van der Waals surface area contributed by atoms with Gasteiger partial charge in [-0.15, -0.1) is 0 Å². The minimum absolute atomic E-state index is 0.212. The smallest absolute Gasteiger partial charge is 0.343 e. The summed E-state index contributed by atoms with van der Waals surface area (Å²) in [5.74, 6) is -0.636. The van der Waals surface area contributed by atoms with E-state index in [0.29, 0.717) is 34.9 Å². The summed E-state index contributed by atoms with van der Waals surface area (Å²) in [6, 6.07) is 4.87. The molecule has 1 heterocycles. The van der Waals surface area contributed by atoms with Crippen LogP contribution in [0, 0.1) is 5.41 Å². The van der Waals surface area contributed by atoms with Gasteiger partial charge in [0.25, 0.3) is 0 Å². The predicted molar refractivity (Wildman–Crippen MR) is 112 cm³/mol. The standard InChI is InChI=1S/C22H28Cl2O4/c1-6-11-22(12-7-2)18(27-20(26)21(4,5)8-3)17(19(25)28-22)15-10-9-14(23)13-16(15)24/h9-10,13H,6-8,11-12H2,1-5H3. The molecule has 0 N–H and O–H groups in total. The zero-order chi connectivity index (χ0) is 21.1. The van der Waals surface area contributed by atoms with Gasteiger partial charge in [0.15, 0.2) is 11.4 Å². The van der Waals surface area contributed by atoms with Gasteiger partial charge in [0.1, 0.15) is 5.57 Å². The number of benzene rings is 1. The zero-order valence-corrected chi connectivity index (χ0v) is 18.7. The van der Waals surface area contributed by atoms with Crippen molar-refractivity contribution in [2.24, 2.45) is 5.41 Å². The molecule has 1 aromatic rings. The fraction of sp³-hybridized carbons (Fsp3) is 0.545. The van der Waals surface area contributed by atoms with Gasteiger partial charge in [0.05, 0.1) is 10.4 Å². The molecule has 0 saturated carbocycles. The van der Waals surface area contributed by atoms with E-state index < -0.39 is 17.0 Å². The molecule has 0 amide bonds. The first-order valence-electron chi connectivity index (χ1n) is 9.77. The van der Waals surface area contributed by atoms with Crippen molar-refractivity contribution in [3.63, 3.8) is 0 Å². The van der Waals surface area contributed by atoms with Gasteiger partial charge >= 0.3 is 11.9 Å². The van der Waals surface area contributed by atoms with E-state index in [9.17, 15) is 9.59 Å². The van der Waals surface area contributed by atoms with E-state index >= 15 is 0 Å². The fourth-order valence-corrected chi connectivity index (χ4v) is 3.80. The molecule has 0 unspecified atom stereocenters. The van der Waals surface area contributed by atoms with Crippen molar-refractivity contribution >= 4 is 40.7 Å². The van der Waals surface area contributed by atoms with Gasteiger partial charge in [0.2, 0.25) is 0 Å². The molecule has 0 aliphatic carbocycles. The lowest BCUT2D eigenvalue weighted by Gasteiger charge is -2.31. The van der Waals surface area contributed by atoms with E-state index in [1.165, 1.54) is 0 Å². The van der Waals surface area contributed by atoms with Crippen LogP contribution in [0.25, 0.3) is 5.57 Å². The quantitative estimate of drug-likeness (QED) is 0.440. The van der Waals surface area contributed by atoms with Crippen molar-refractivity contribution in [1.29, 1.82) is 0 Å². The summed E-state index contributed by atoms with van der Waals surface area (Å²) >= 11 is 12.4. The second-order valence-electron chi connectivity index (χ2n) is 7.84. The molecular formula is C22H28Cl2O4. The number of rotatable bonds is 8. The molecule has 154 valence electrons. The monoisotopic (exact) mass is 426 g/mol. The first-order chi connectivity index (χ1) is 13.1. The number of carbonyl (C=O) groups excluding carboxylic acids is 2. The molecule has 1 aromatic carbocycles. The van der Waals surface area contributed by atoms with Crippen LogP contribution in [0.5, 0.6) is 0 Å². The summed E-state index contributed by atoms with van der Waals surface area (Å²) < 4.78 is 11.8. The maximum absolute atomic E-state index is 12.9. The largest absolute Gasteiger partial charge is 0.447 e. The molecule has 0 aromatic heterocycles. The SMILES string of the molecule is CCCC1(CCC)OC(=O)C(c2ccc(Cl)cc2Cl)=C1OC(=O)C(C)(C)CC. The van der Waals surface area contributed by atoms with Gasteiger partial charge in [-0.2, -0.15) is 0 Å². The van der Waals surface area contributed by atoms with Gasteiger partial charge in [-0.3, -0.25) is 4.79 Å². The number of hydrogen-bond acceptors (Lipinski definition) is 4. The Labute approximate surface area is 177 Å². The van der Waals surface area contributed by atoms with Crippen LogP contribution in [0.15, 0.2) is 24.0 Å². The number of carbonyl (C=O) groups is 2.